The highest BCUT2D eigenvalue weighted by molar-refractivity contribution is 6.11. The molecule has 5 nitrogen and oxygen atoms in total. The van der Waals surface area contributed by atoms with E-state index in [-0.39, 0.29) is 0 Å². The first-order valence-corrected chi connectivity index (χ1v) is 7.16. The van der Waals surface area contributed by atoms with Crippen molar-refractivity contribution in [3.8, 4) is 0 Å². The second-order valence-electron chi connectivity index (χ2n) is 5.27. The van der Waals surface area contributed by atoms with E-state index in [1.165, 1.54) is 0 Å². The van der Waals surface area contributed by atoms with Gasteiger partial charge in [0.05, 0.1) is 0 Å². The van der Waals surface area contributed by atoms with E-state index in [0.29, 0.717) is 22.3 Å². The van der Waals surface area contributed by atoms with Crippen molar-refractivity contribution in [2.75, 3.05) is 0 Å². The number of nitrogens with one attached hydrogen (secondary N) is 1. The molecule has 2 aromatic carbocycles. The first-order chi connectivity index (χ1) is 11.1. The predicted molar refractivity (Wildman–Crippen MR) is 85.7 cm³/mol. The van der Waals surface area contributed by atoms with Crippen LogP contribution >= 0.6 is 0 Å². The van der Waals surface area contributed by atoms with Crippen LogP contribution in [0.25, 0.3) is 11.1 Å². The van der Waals surface area contributed by atoms with Crippen LogP contribution in [-0.2, 0) is 9.59 Å². The number of carbonyl (C=O) groups is 2. The van der Waals surface area contributed by atoms with E-state index in [1.807, 2.05) is 12.1 Å². The highest BCUT2D eigenvalue weighted by atomic mass is 16.4. The number of rotatable bonds is 4. The molecule has 1 heterocycles. The summed E-state index contributed by atoms with van der Waals surface area (Å²) in [6.45, 7) is 0. The number of hydrogen-bond acceptors (Lipinski definition) is 3. The lowest BCUT2D eigenvalue weighted by Gasteiger charge is -2.12. The van der Waals surface area contributed by atoms with Crippen molar-refractivity contribution in [2.45, 2.75) is 12.1 Å². The van der Waals surface area contributed by atoms with Gasteiger partial charge in [0.15, 0.2) is 0 Å². The van der Waals surface area contributed by atoms with Gasteiger partial charge in [0.1, 0.15) is 12.1 Å². The third-order valence-corrected chi connectivity index (χ3v) is 3.86. The van der Waals surface area contributed by atoms with E-state index in [9.17, 15) is 19.8 Å². The van der Waals surface area contributed by atoms with Gasteiger partial charge in [0, 0.05) is 0 Å². The SMILES string of the molecule is O=C(O)C1NC(C(=O)O)C(c2ccccc2)=C1c1ccccc1. The van der Waals surface area contributed by atoms with Gasteiger partial charge < -0.3 is 10.2 Å². The Labute approximate surface area is 132 Å². The lowest BCUT2D eigenvalue weighted by molar-refractivity contribution is -0.139. The minimum atomic E-state index is -1.10. The quantitative estimate of drug-likeness (QED) is 0.805. The van der Waals surface area contributed by atoms with Gasteiger partial charge in [0.25, 0.3) is 0 Å². The lowest BCUT2D eigenvalue weighted by atomic mass is 9.90. The number of benzene rings is 2. The van der Waals surface area contributed by atoms with Crippen molar-refractivity contribution in [1.82, 2.24) is 5.32 Å². The van der Waals surface area contributed by atoms with Crippen molar-refractivity contribution in [1.29, 1.82) is 0 Å². The normalized spacial score (nSPS) is 20.5. The number of carboxylic acid groups (broad SMARTS) is 2. The van der Waals surface area contributed by atoms with E-state index in [2.05, 4.69) is 5.32 Å². The van der Waals surface area contributed by atoms with Gasteiger partial charge in [-0.25, -0.2) is 0 Å². The molecule has 0 aliphatic carbocycles. The summed E-state index contributed by atoms with van der Waals surface area (Å²) in [6.07, 6.45) is 0. The average molecular weight is 309 g/mol. The molecule has 0 radical (unpaired) electrons. The average Bonchev–Trinajstić information content (AvgIpc) is 2.97. The Morgan fingerprint density at radius 3 is 1.35 bits per heavy atom. The molecule has 0 spiro atoms. The third kappa shape index (κ3) is 2.74. The molecule has 3 N–H and O–H groups in total. The molecule has 2 aromatic rings. The van der Waals surface area contributed by atoms with E-state index in [4.69, 9.17) is 0 Å². The number of aliphatic carboxylic acids is 2. The first kappa shape index (κ1) is 15.0. The molecule has 1 aliphatic rings. The topological polar surface area (TPSA) is 86.6 Å². The summed E-state index contributed by atoms with van der Waals surface area (Å²) in [5.41, 5.74) is 2.40. The molecule has 0 fully saturated rings. The van der Waals surface area contributed by atoms with Crippen LogP contribution in [0.2, 0.25) is 0 Å². The zero-order chi connectivity index (χ0) is 16.4. The molecule has 0 amide bonds. The van der Waals surface area contributed by atoms with Crippen LogP contribution in [0.5, 0.6) is 0 Å². The van der Waals surface area contributed by atoms with Crippen LogP contribution in [0.3, 0.4) is 0 Å². The molecule has 2 atom stereocenters. The van der Waals surface area contributed by atoms with Crippen molar-refractivity contribution >= 4 is 23.1 Å². The van der Waals surface area contributed by atoms with Crippen LogP contribution in [0.4, 0.5) is 0 Å². The molecule has 0 aromatic heterocycles. The smallest absolute Gasteiger partial charge is 0.325 e. The molecule has 5 heteroatoms. The van der Waals surface area contributed by atoms with Crippen LogP contribution in [0, 0.1) is 0 Å². The third-order valence-electron chi connectivity index (χ3n) is 3.86. The van der Waals surface area contributed by atoms with E-state index in [1.54, 1.807) is 48.5 Å². The van der Waals surface area contributed by atoms with Gasteiger partial charge in [0.2, 0.25) is 0 Å². The fourth-order valence-corrected chi connectivity index (χ4v) is 2.91. The number of carboxylic acids is 2. The summed E-state index contributed by atoms with van der Waals surface area (Å²) in [7, 11) is 0. The maximum Gasteiger partial charge on any atom is 0.325 e. The lowest BCUT2D eigenvalue weighted by Crippen LogP contribution is -2.41. The Kier molecular flexibility index (Phi) is 3.95. The molecule has 1 aliphatic heterocycles. The summed E-state index contributed by atoms with van der Waals surface area (Å²) in [5, 5.41) is 21.8. The first-order valence-electron chi connectivity index (χ1n) is 7.16. The molecule has 0 bridgehead atoms. The molecule has 3 rings (SSSR count). The largest absolute Gasteiger partial charge is 0.480 e. The van der Waals surface area contributed by atoms with Crippen molar-refractivity contribution in [2.24, 2.45) is 0 Å². The highest BCUT2D eigenvalue weighted by Gasteiger charge is 2.41. The molecule has 2 unspecified atom stereocenters. The molecule has 0 saturated heterocycles. The number of hydrogen-bond donors (Lipinski definition) is 3. The Hall–Kier alpha value is -2.92. The van der Waals surface area contributed by atoms with Crippen molar-refractivity contribution < 1.29 is 19.8 Å². The molecule has 23 heavy (non-hydrogen) atoms. The van der Waals surface area contributed by atoms with Gasteiger partial charge in [-0.05, 0) is 22.3 Å². The van der Waals surface area contributed by atoms with Crippen molar-refractivity contribution in [3.05, 3.63) is 71.8 Å². The minimum absolute atomic E-state index is 0.497. The van der Waals surface area contributed by atoms with Gasteiger partial charge >= 0.3 is 11.9 Å². The standard InChI is InChI=1S/C18H15NO4/c20-17(21)15-13(11-7-3-1-4-8-11)14(16(19-15)18(22)23)12-9-5-2-6-10-12/h1-10,15-16,19H,(H,20,21)(H,22,23). The molecular formula is C18H15NO4. The van der Waals surface area contributed by atoms with Gasteiger partial charge in [-0.3, -0.25) is 14.9 Å². The second-order valence-corrected chi connectivity index (χ2v) is 5.27. The van der Waals surface area contributed by atoms with E-state index >= 15 is 0 Å². The van der Waals surface area contributed by atoms with E-state index in [0.717, 1.165) is 0 Å². The van der Waals surface area contributed by atoms with Gasteiger partial charge in [-0.2, -0.15) is 0 Å². The fraction of sp³-hybridized carbons (Fsp3) is 0.111. The fourth-order valence-electron chi connectivity index (χ4n) is 2.91. The van der Waals surface area contributed by atoms with Crippen LogP contribution in [0.1, 0.15) is 11.1 Å². The predicted octanol–water partition coefficient (Wildman–Crippen LogP) is 2.11. The summed E-state index contributed by atoms with van der Waals surface area (Å²) in [5.74, 6) is -2.19. The van der Waals surface area contributed by atoms with Crippen LogP contribution in [0.15, 0.2) is 60.7 Å². The van der Waals surface area contributed by atoms with Crippen LogP contribution < -0.4 is 5.32 Å². The van der Waals surface area contributed by atoms with Gasteiger partial charge in [-0.1, -0.05) is 60.7 Å². The summed E-state index contributed by atoms with van der Waals surface area (Å²) in [6, 6.07) is 15.9. The Balaban J connectivity index is 2.27. The summed E-state index contributed by atoms with van der Waals surface area (Å²) >= 11 is 0. The second kappa shape index (κ2) is 6.06. The summed E-state index contributed by atoms with van der Waals surface area (Å²) < 4.78 is 0. The van der Waals surface area contributed by atoms with Gasteiger partial charge in [-0.15, -0.1) is 0 Å². The maximum atomic E-state index is 11.6. The maximum absolute atomic E-state index is 11.6. The molecule has 0 saturated carbocycles. The zero-order valence-electron chi connectivity index (χ0n) is 12.1. The Bertz CT molecular complexity index is 703. The van der Waals surface area contributed by atoms with Crippen molar-refractivity contribution in [3.63, 3.8) is 0 Å². The zero-order valence-corrected chi connectivity index (χ0v) is 12.1. The summed E-state index contributed by atoms with van der Waals surface area (Å²) in [4.78, 5) is 23.3. The van der Waals surface area contributed by atoms with E-state index < -0.39 is 24.0 Å². The molecular weight excluding hydrogens is 294 g/mol. The Morgan fingerprint density at radius 1 is 0.696 bits per heavy atom. The minimum Gasteiger partial charge on any atom is -0.480 e. The highest BCUT2D eigenvalue weighted by Crippen LogP contribution is 2.37. The molecule has 116 valence electrons. The monoisotopic (exact) mass is 309 g/mol. The van der Waals surface area contributed by atoms with Crippen LogP contribution in [-0.4, -0.2) is 34.2 Å². The Morgan fingerprint density at radius 2 is 1.04 bits per heavy atom.